The van der Waals surface area contributed by atoms with Crippen molar-refractivity contribution in [3.8, 4) is 0 Å². The third-order valence-electron chi connectivity index (χ3n) is 10.4. The summed E-state index contributed by atoms with van der Waals surface area (Å²) in [7, 11) is 231. The largest absolute Gasteiger partial charge is 0.109 e. The first kappa shape index (κ1) is 167. The van der Waals surface area contributed by atoms with Gasteiger partial charge in [-0.05, 0) is 398 Å². The topological polar surface area (TPSA) is 0 Å². The lowest BCUT2D eigenvalue weighted by Gasteiger charge is -2.65. The second-order valence-electron chi connectivity index (χ2n) is 18.7. The first-order valence-electron chi connectivity index (χ1n) is 26.7. The highest BCUT2D eigenvalue weighted by Gasteiger charge is 2.69. The Bertz CT molecular complexity index is 2040. The highest BCUT2D eigenvalue weighted by Crippen LogP contribution is 3.56. The maximum absolute atomic E-state index is 3.99. The Hall–Kier alpha value is 50.3. The van der Waals surface area contributed by atoms with Gasteiger partial charge >= 0.3 is 0 Å². The summed E-state index contributed by atoms with van der Waals surface area (Å²) in [4.78, 5) is 0. The minimum atomic E-state index is -0.785. The van der Waals surface area contributed by atoms with Gasteiger partial charge in [-0.3, -0.25) is 0 Å². The van der Waals surface area contributed by atoms with Crippen LogP contribution in [0.4, 0.5) is 0 Å². The fourth-order valence-corrected chi connectivity index (χ4v) is 1770. The number of hydrogen-bond acceptors (Lipinski definition) is 0. The van der Waals surface area contributed by atoms with Gasteiger partial charge in [0.15, 0.2) is 0 Å². The minimum Gasteiger partial charge on any atom is -0.109 e. The van der Waals surface area contributed by atoms with Crippen LogP contribution in [-0.2, 0) is 0 Å². The zero-order chi connectivity index (χ0) is 92.6. The molecule has 0 saturated carbocycles. The Labute approximate surface area is 917 Å². The molecule has 0 aliphatic rings. The van der Waals surface area contributed by atoms with Gasteiger partial charge in [0, 0.05) is 0 Å². The third kappa shape index (κ3) is 58.8. The molecule has 704 valence electrons. The van der Waals surface area contributed by atoms with Crippen LogP contribution < -0.4 is 0 Å². The predicted octanol–water partition coefficient (Wildman–Crippen LogP) is 68.9. The molecule has 0 saturated heterocycles. The molecule has 0 heterocycles. The van der Waals surface area contributed by atoms with E-state index in [1.807, 2.05) is 0 Å². The van der Waals surface area contributed by atoms with E-state index in [4.69, 9.17) is 0 Å². The Morgan fingerprint density at radius 2 is 0.137 bits per heavy atom. The molecule has 0 aliphatic carbocycles. The molecular formula is H119P117. The van der Waals surface area contributed by atoms with Crippen molar-refractivity contribution in [3.05, 3.63) is 0 Å². The monoisotopic (exact) mass is 3740 g/mol. The molecule has 0 bridgehead atoms. The zero-order valence-electron chi connectivity index (χ0n) is 60.1. The van der Waals surface area contributed by atoms with Crippen LogP contribution in [0.15, 0.2) is 0 Å². The third-order valence-corrected chi connectivity index (χ3v) is 846. The first-order chi connectivity index (χ1) is 53.3. The molecule has 117 heteroatoms. The lowest BCUT2D eigenvalue weighted by Crippen LogP contribution is -1.78. The number of hydrogen-bond donors (Lipinski definition) is 0. The van der Waals surface area contributed by atoms with E-state index >= 15 is 0 Å². The van der Waals surface area contributed by atoms with E-state index in [-0.39, 0.29) is 0 Å². The fraction of sp³-hybridized carbons (Fsp3) is 0. The van der Waals surface area contributed by atoms with Gasteiger partial charge in [0.2, 0.25) is 0 Å². The van der Waals surface area contributed by atoms with Gasteiger partial charge in [-0.25, -0.2) is 0 Å². The standard InChI is InChI=1S/H119P117/c1-60-90(61(2)3)105(91(62(4)5)63(6)7)112(104(88(56)57)89(58)59)116(113(106(92(64(8)9)65(10)11)93(66(12)13)67(14)15)107(94(68(16)17)69(18)19)95(70(20)21)71(22)23)117(114(108(96(72(24)25)73(26)27)97(74(28)29)75(30)31)109(98(76(32)33)77(34)35)99(78(36)37)79(38)39)115(110(100(80(40)41)81(42)43)101(82(44)45)83(46)47)111(102(84(48)49)85(50)51)103(86(52)53)87(54)55/h60H,1-59H2. The van der Waals surface area contributed by atoms with Crippen molar-refractivity contribution in [1.82, 2.24) is 0 Å². The van der Waals surface area contributed by atoms with Gasteiger partial charge in [0.25, 0.3) is 0 Å². The molecule has 0 aromatic carbocycles. The Morgan fingerprint density at radius 1 is 0.0769 bits per heavy atom. The van der Waals surface area contributed by atoms with E-state index in [0.29, 0.717) is 0 Å². The van der Waals surface area contributed by atoms with Crippen molar-refractivity contribution in [2.45, 2.75) is 0 Å². The molecule has 0 amide bonds. The maximum atomic E-state index is 3.99. The molecule has 64 unspecified atom stereocenters. The highest BCUT2D eigenvalue weighted by atomic mass is 33.7. The van der Waals surface area contributed by atoms with Crippen LogP contribution in [0.2, 0.25) is 0 Å². The molecule has 0 N–H and O–H groups in total. The minimum absolute atomic E-state index is 0.417. The van der Waals surface area contributed by atoms with Crippen LogP contribution in [0.5, 0.6) is 0 Å². The normalized spacial score (nSPS) is 15.8. The molecule has 0 aliphatic heterocycles. The highest BCUT2D eigenvalue weighted by molar-refractivity contribution is 9.62. The van der Waals surface area contributed by atoms with Crippen molar-refractivity contribution in [3.63, 3.8) is 0 Å². The van der Waals surface area contributed by atoms with Gasteiger partial charge in [-0.2, -0.15) is 0 Å². The van der Waals surface area contributed by atoms with Crippen molar-refractivity contribution >= 4 is 933 Å². The van der Waals surface area contributed by atoms with Gasteiger partial charge < -0.3 is 0 Å². The second-order valence-corrected chi connectivity index (χ2v) is 504. The first-order valence-corrected chi connectivity index (χ1v) is 240. The van der Waals surface area contributed by atoms with Crippen LogP contribution in [0.1, 0.15) is 0 Å². The van der Waals surface area contributed by atoms with Gasteiger partial charge in [0.1, 0.15) is 0 Å². The van der Waals surface area contributed by atoms with Crippen molar-refractivity contribution in [2.75, 3.05) is 0 Å². The van der Waals surface area contributed by atoms with Crippen LogP contribution in [0, 0.1) is 0 Å². The zero-order valence-corrected chi connectivity index (χ0v) is 180. The molecule has 0 radical (unpaired) electrons. The average Bonchev–Trinajstić information content (AvgIpc) is 0.701. The van der Waals surface area contributed by atoms with E-state index < -0.39 is 398 Å². The van der Waals surface area contributed by atoms with Gasteiger partial charge in [-0.15, -0.1) is 527 Å². The Morgan fingerprint density at radius 3 is 0.197 bits per heavy atom. The van der Waals surface area contributed by atoms with Crippen molar-refractivity contribution in [2.24, 2.45) is 0 Å². The van der Waals surface area contributed by atoms with Gasteiger partial charge in [0.05, 0.1) is 0 Å². The smallest absolute Gasteiger partial charge is 0.000000183 e. The molecule has 117 heavy (non-hydrogen) atoms. The molecule has 0 rings (SSSR count). The van der Waals surface area contributed by atoms with Crippen LogP contribution in [0.3, 0.4) is 0 Å². The number of rotatable bonds is 57. The molecule has 0 aromatic rings. The van der Waals surface area contributed by atoms with Crippen molar-refractivity contribution < 1.29 is 0 Å². The maximum Gasteiger partial charge on any atom is -0.000000183 e. The Kier molecular flexibility index (Phi) is 132. The predicted molar refractivity (Wildman–Crippen MR) is 976 cm³/mol. The molecular weight excluding hydrogens is 3620 g/mol. The summed E-state index contributed by atoms with van der Waals surface area (Å²) in [6, 6.07) is 0. The van der Waals surface area contributed by atoms with Crippen LogP contribution >= 0.6 is 933 Å². The molecule has 0 aromatic heterocycles. The molecule has 0 nitrogen and oxygen atoms in total. The van der Waals surface area contributed by atoms with Crippen LogP contribution in [0.25, 0.3) is 0 Å². The summed E-state index contributed by atoms with van der Waals surface area (Å²) >= 11 is 0. The summed E-state index contributed by atoms with van der Waals surface area (Å²) < 4.78 is 0. The van der Waals surface area contributed by atoms with Crippen LogP contribution in [-0.4, -0.2) is 0 Å². The quantitative estimate of drug-likeness (QED) is 0.0533. The summed E-state index contributed by atoms with van der Waals surface area (Å²) in [5.41, 5.74) is 0. The lowest BCUT2D eigenvalue weighted by molar-refractivity contribution is 4.28. The molecule has 0 fully saturated rings. The fourth-order valence-electron chi connectivity index (χ4n) is 7.27. The molecule has 0 spiro atoms. The Balaban J connectivity index is 16.3. The summed E-state index contributed by atoms with van der Waals surface area (Å²) in [5.74, 6) is 0. The van der Waals surface area contributed by atoms with E-state index in [9.17, 15) is 0 Å². The van der Waals surface area contributed by atoms with E-state index in [1.165, 1.54) is 0 Å². The molecule has 64 atom stereocenters. The summed E-state index contributed by atoms with van der Waals surface area (Å²) in [6.45, 7) is -30.2. The SMILES string of the molecule is PPP(P(P)P)P(P(P(P)P)P(P)P)P(P(P(P)P)P(P)P)P(P(P(P(P(P)P)P(P)P)P(P(P)P)P(P)P)P(P(P(P)P)P(P)P)P(P(P)P)P(P)P)P(P(P(P(P(P)P)P(P)P)P(P(P)P)P(P)P)P(P(P(P)P)P(P)P)P(P(P)P)P(P)P)P(P(P(P(P)P)P(P)P)P(P(P)P)P(P)P)P(P(P(P)P)P(P)P)P(P(P)P)P(P)P. The summed E-state index contributed by atoms with van der Waals surface area (Å²) in [6.07, 6.45) is 0. The second kappa shape index (κ2) is 92.0. The van der Waals surface area contributed by atoms with Crippen molar-refractivity contribution in [1.29, 1.82) is 0 Å². The average molecular weight is 3740 g/mol. The lowest BCUT2D eigenvalue weighted by atomic mass is 28.3. The van der Waals surface area contributed by atoms with E-state index in [1.54, 1.807) is 0 Å². The van der Waals surface area contributed by atoms with E-state index in [2.05, 4.69) is 527 Å². The summed E-state index contributed by atoms with van der Waals surface area (Å²) in [5, 5.41) is 0. The van der Waals surface area contributed by atoms with E-state index in [0.717, 1.165) is 7.96 Å². The van der Waals surface area contributed by atoms with Gasteiger partial charge in [-0.1, -0.05) is 7.96 Å².